The van der Waals surface area contributed by atoms with E-state index in [1.807, 2.05) is 0 Å². The molecule has 0 aliphatic rings. The Bertz CT molecular complexity index is 6.00. The zero-order chi connectivity index (χ0) is 2.00. The molecule has 0 aromatic carbocycles. The Kier molecular flexibility index (Phi) is 132. The fraction of sp³-hybridized carbons (Fsp3) is 0. The number of hydrogen-bond donors (Lipinski definition) is 0. The van der Waals surface area contributed by atoms with Gasteiger partial charge in [0.25, 0.3) is 0 Å². The van der Waals surface area contributed by atoms with Crippen LogP contribution < -0.4 is 0 Å². The Morgan fingerprint density at radius 3 is 1.25 bits per heavy atom. The molecule has 0 unspecified atom stereocenters. The molecule has 2 nitrogen and oxygen atoms in total. The third-order valence-electron chi connectivity index (χ3n) is 0. The summed E-state index contributed by atoms with van der Waals surface area (Å²) < 4.78 is 7.94. The molecule has 0 aromatic heterocycles. The van der Waals surface area contributed by atoms with Gasteiger partial charge in [-0.15, -0.1) is 0 Å². The number of hydrogen-bond acceptors (Lipinski definition) is 1. The molecule has 0 aliphatic carbocycles. The summed E-state index contributed by atoms with van der Waals surface area (Å²) >= 11 is 2.31. The van der Waals surface area contributed by atoms with Gasteiger partial charge in [0.15, 0.2) is 0 Å². The first-order valence-corrected chi connectivity index (χ1v) is 0.561. The van der Waals surface area contributed by atoms with E-state index in [0.29, 0.717) is 0 Å². The van der Waals surface area contributed by atoms with E-state index in [0.717, 1.165) is 0 Å². The van der Waals surface area contributed by atoms with E-state index >= 15 is 0 Å². The summed E-state index contributed by atoms with van der Waals surface area (Å²) in [6.07, 6.45) is 0. The average molecular weight is 116 g/mol. The van der Waals surface area contributed by atoms with Crippen molar-refractivity contribution < 1.29 is 25.0 Å². The standard InChI is InChI=1S/Co.Na.H2O.O/h;;1H2;. The first kappa shape index (κ1) is 18.7. The third kappa shape index (κ3) is 10.5. The summed E-state index contributed by atoms with van der Waals surface area (Å²) in [6, 6.07) is 0. The van der Waals surface area contributed by atoms with E-state index in [9.17, 15) is 0 Å². The molecule has 1 radical (unpaired) electrons. The summed E-state index contributed by atoms with van der Waals surface area (Å²) in [5.74, 6) is 0. The van der Waals surface area contributed by atoms with Crippen molar-refractivity contribution in [3.63, 3.8) is 0 Å². The molecule has 4 heavy (non-hydrogen) atoms. The summed E-state index contributed by atoms with van der Waals surface area (Å²) in [5, 5.41) is 0. The molecule has 0 spiro atoms. The minimum atomic E-state index is 0. The fourth-order valence-electron chi connectivity index (χ4n) is 0. The molecule has 0 atom stereocenters. The predicted molar refractivity (Wildman–Crippen MR) is 10.1 cm³/mol. The van der Waals surface area contributed by atoms with Gasteiger partial charge >= 0.3 is 19.5 Å². The van der Waals surface area contributed by atoms with Gasteiger partial charge in [-0.2, -0.15) is 0 Å². The molecule has 0 aliphatic heterocycles. The molecule has 24 valence electrons. The van der Waals surface area contributed by atoms with E-state index in [1.54, 1.807) is 0 Å². The molecule has 0 fully saturated rings. The van der Waals surface area contributed by atoms with Crippen LogP contribution in [0.1, 0.15) is 0 Å². The Labute approximate surface area is 54.3 Å². The van der Waals surface area contributed by atoms with Crippen LogP contribution in [0.15, 0.2) is 0 Å². The van der Waals surface area contributed by atoms with Crippen molar-refractivity contribution in [1.82, 2.24) is 0 Å². The van der Waals surface area contributed by atoms with Crippen molar-refractivity contribution in [3.05, 3.63) is 0 Å². The molecule has 2 N–H and O–H groups in total. The van der Waals surface area contributed by atoms with Crippen molar-refractivity contribution in [2.24, 2.45) is 0 Å². The van der Waals surface area contributed by atoms with E-state index in [1.165, 1.54) is 0 Å². The molecular formula is H2CoNaO2. The molecule has 0 amide bonds. The van der Waals surface area contributed by atoms with Gasteiger partial charge in [0.2, 0.25) is 0 Å². The molecular weight excluding hydrogens is 114 g/mol. The second-order valence-corrected chi connectivity index (χ2v) is 0. The second kappa shape index (κ2) is 28.4. The zero-order valence-electron chi connectivity index (χ0n) is 2.24. The third-order valence-corrected chi connectivity index (χ3v) is 0. The topological polar surface area (TPSA) is 48.6 Å². The van der Waals surface area contributed by atoms with E-state index in [2.05, 4.69) is 15.7 Å². The van der Waals surface area contributed by atoms with Gasteiger partial charge in [-0.3, -0.25) is 0 Å². The van der Waals surface area contributed by atoms with Crippen LogP contribution in [0.25, 0.3) is 0 Å². The maximum absolute atomic E-state index is 7.94. The van der Waals surface area contributed by atoms with E-state index in [4.69, 9.17) is 3.87 Å². The van der Waals surface area contributed by atoms with Crippen LogP contribution in [-0.4, -0.2) is 35.0 Å². The van der Waals surface area contributed by atoms with Crippen LogP contribution in [0.2, 0.25) is 0 Å². The molecule has 0 saturated heterocycles. The van der Waals surface area contributed by atoms with Crippen molar-refractivity contribution in [3.8, 4) is 0 Å². The molecule has 0 saturated carbocycles. The monoisotopic (exact) mass is 116 g/mol. The van der Waals surface area contributed by atoms with Crippen molar-refractivity contribution in [2.45, 2.75) is 0 Å². The minimum absolute atomic E-state index is 0. The van der Waals surface area contributed by atoms with Crippen molar-refractivity contribution >= 4 is 29.6 Å². The average Bonchev–Trinajstić information content (AvgIpc) is 1.00. The van der Waals surface area contributed by atoms with Crippen LogP contribution in [0.3, 0.4) is 0 Å². The first-order chi connectivity index (χ1) is 1.00. The summed E-state index contributed by atoms with van der Waals surface area (Å²) in [7, 11) is 0. The van der Waals surface area contributed by atoms with Gasteiger partial charge in [-0.1, -0.05) is 0 Å². The Morgan fingerprint density at radius 2 is 1.25 bits per heavy atom. The summed E-state index contributed by atoms with van der Waals surface area (Å²) in [5.41, 5.74) is 0. The fourth-order valence-corrected chi connectivity index (χ4v) is 0. The predicted octanol–water partition coefficient (Wildman–Crippen LogP) is -1.33. The quantitative estimate of drug-likeness (QED) is 0.362. The van der Waals surface area contributed by atoms with Gasteiger partial charge in [0.1, 0.15) is 0 Å². The van der Waals surface area contributed by atoms with Crippen LogP contribution >= 0.6 is 0 Å². The SMILES string of the molecule is O.[Na].[O]=[Co]. The zero-order valence-corrected chi connectivity index (χ0v) is 5.28. The van der Waals surface area contributed by atoms with Crippen LogP contribution in [0.5, 0.6) is 0 Å². The maximum atomic E-state index is 7.94. The Morgan fingerprint density at radius 1 is 1.25 bits per heavy atom. The second-order valence-electron chi connectivity index (χ2n) is 0. The molecule has 0 aromatic rings. The van der Waals surface area contributed by atoms with Gasteiger partial charge in [0.05, 0.1) is 0 Å². The van der Waals surface area contributed by atoms with Crippen LogP contribution in [-0.2, 0) is 19.5 Å². The van der Waals surface area contributed by atoms with Crippen LogP contribution in [0.4, 0.5) is 0 Å². The van der Waals surface area contributed by atoms with Crippen molar-refractivity contribution in [1.29, 1.82) is 0 Å². The van der Waals surface area contributed by atoms with E-state index < -0.39 is 0 Å². The van der Waals surface area contributed by atoms with Gasteiger partial charge < -0.3 is 5.48 Å². The summed E-state index contributed by atoms with van der Waals surface area (Å²) in [4.78, 5) is 0. The first-order valence-electron chi connectivity index (χ1n) is 0.136. The molecule has 0 rings (SSSR count). The molecule has 0 bridgehead atoms. The normalized spacial score (nSPS) is 1.25. The van der Waals surface area contributed by atoms with Crippen molar-refractivity contribution in [2.75, 3.05) is 0 Å². The summed E-state index contributed by atoms with van der Waals surface area (Å²) in [6.45, 7) is 0. The van der Waals surface area contributed by atoms with Gasteiger partial charge in [-0.25, -0.2) is 0 Å². The van der Waals surface area contributed by atoms with Gasteiger partial charge in [0, 0.05) is 29.6 Å². The van der Waals surface area contributed by atoms with Gasteiger partial charge in [-0.05, 0) is 0 Å². The molecule has 4 heteroatoms. The molecule has 0 heterocycles. The number of rotatable bonds is 0. The van der Waals surface area contributed by atoms with Crippen LogP contribution in [0, 0.1) is 0 Å². The Balaban J connectivity index is -0.00000000500. The Hall–Kier alpha value is 1.27. The van der Waals surface area contributed by atoms with E-state index in [-0.39, 0.29) is 35.0 Å².